The highest BCUT2D eigenvalue weighted by atomic mass is 32.2. The Morgan fingerprint density at radius 2 is 1.67 bits per heavy atom. The van der Waals surface area contributed by atoms with Crippen LogP contribution in [0.5, 0.6) is 11.5 Å². The topological polar surface area (TPSA) is 99.0 Å². The fraction of sp³-hybridized carbons (Fsp3) is 0. The molecule has 0 aromatic heterocycles. The maximum absolute atomic E-state index is 12.4. The van der Waals surface area contributed by atoms with E-state index in [0.29, 0.717) is 10.8 Å². The van der Waals surface area contributed by atoms with E-state index in [1.807, 2.05) is 0 Å². The number of nitrogens with one attached hydrogen (secondary N) is 1. The first-order valence-electron chi connectivity index (χ1n) is 7.12. The van der Waals surface area contributed by atoms with Crippen molar-refractivity contribution < 1.29 is 18.6 Å². The lowest BCUT2D eigenvalue weighted by atomic mass is 10.0. The monoisotopic (exact) mass is 340 g/mol. The fourth-order valence-electron chi connectivity index (χ4n) is 2.76. The van der Waals surface area contributed by atoms with Gasteiger partial charge in [0.15, 0.2) is 5.84 Å². The molecule has 0 unspecified atom stereocenters. The van der Waals surface area contributed by atoms with Crippen LogP contribution < -0.4 is 4.72 Å². The van der Waals surface area contributed by atoms with Crippen molar-refractivity contribution in [3.8, 4) is 11.5 Å². The van der Waals surface area contributed by atoms with Crippen LogP contribution in [0, 0.1) is 0 Å². The van der Waals surface area contributed by atoms with Gasteiger partial charge in [-0.3, -0.25) is 4.72 Å². The zero-order valence-electron chi connectivity index (χ0n) is 12.3. The normalized spacial score (nSPS) is 15.4. The summed E-state index contributed by atoms with van der Waals surface area (Å²) in [5, 5.41) is 21.9. The second-order valence-electron chi connectivity index (χ2n) is 5.37. The maximum atomic E-state index is 12.4. The van der Waals surface area contributed by atoms with E-state index in [-0.39, 0.29) is 33.5 Å². The van der Waals surface area contributed by atoms with Gasteiger partial charge >= 0.3 is 0 Å². The molecule has 3 aromatic carbocycles. The quantitative estimate of drug-likeness (QED) is 0.634. The number of phenolic OH excluding ortho intramolecular Hbond substituents is 2. The molecule has 0 aliphatic carbocycles. The number of sulfonamides is 1. The van der Waals surface area contributed by atoms with Crippen LogP contribution in [0.25, 0.3) is 10.8 Å². The van der Waals surface area contributed by atoms with Crippen molar-refractivity contribution in [2.75, 3.05) is 0 Å². The molecule has 6 nitrogen and oxygen atoms in total. The highest BCUT2D eigenvalue weighted by Crippen LogP contribution is 2.38. The molecule has 7 heteroatoms. The fourth-order valence-corrected chi connectivity index (χ4v) is 3.92. The van der Waals surface area contributed by atoms with Crippen LogP contribution in [-0.4, -0.2) is 24.5 Å². The molecule has 0 saturated carbocycles. The number of nitrogens with zero attached hydrogens (tertiary/aromatic N) is 1. The van der Waals surface area contributed by atoms with Crippen LogP contribution in [0.2, 0.25) is 0 Å². The first kappa shape index (κ1) is 14.5. The molecule has 1 aliphatic heterocycles. The molecule has 3 N–H and O–H groups in total. The van der Waals surface area contributed by atoms with E-state index in [1.165, 1.54) is 12.1 Å². The van der Waals surface area contributed by atoms with Crippen molar-refractivity contribution in [3.05, 3.63) is 60.2 Å². The van der Waals surface area contributed by atoms with Gasteiger partial charge in [0.05, 0.1) is 5.69 Å². The molecule has 3 aromatic rings. The summed E-state index contributed by atoms with van der Waals surface area (Å²) in [6, 6.07) is 14.7. The van der Waals surface area contributed by atoms with Gasteiger partial charge in [-0.1, -0.05) is 36.4 Å². The average molecular weight is 340 g/mol. The van der Waals surface area contributed by atoms with E-state index in [4.69, 9.17) is 0 Å². The Morgan fingerprint density at radius 3 is 2.50 bits per heavy atom. The highest BCUT2D eigenvalue weighted by molar-refractivity contribution is 7.90. The van der Waals surface area contributed by atoms with Gasteiger partial charge in [0, 0.05) is 5.39 Å². The predicted octanol–water partition coefficient (Wildman–Crippen LogP) is 2.62. The number of hydrogen-bond acceptors (Lipinski definition) is 5. The van der Waals surface area contributed by atoms with E-state index >= 15 is 0 Å². The number of aromatic hydroxyl groups is 2. The van der Waals surface area contributed by atoms with Gasteiger partial charge in [-0.05, 0) is 23.6 Å². The van der Waals surface area contributed by atoms with Crippen LogP contribution in [0.3, 0.4) is 0 Å². The standard InChI is InChI=1S/C17H12N2O4S/c20-13-9-10-5-1-2-6-11(10)16(21)15(13)17-18-12-7-3-4-8-14(12)24(22,23)19-17/h1-9,20-21H,(H,18,19). The number of aliphatic imine (C=N–C) groups is 1. The first-order valence-corrected chi connectivity index (χ1v) is 8.60. The second-order valence-corrected chi connectivity index (χ2v) is 7.02. The molecule has 1 aliphatic rings. The maximum Gasteiger partial charge on any atom is 0.265 e. The minimum Gasteiger partial charge on any atom is -0.507 e. The van der Waals surface area contributed by atoms with Crippen LogP contribution >= 0.6 is 0 Å². The molecule has 0 radical (unpaired) electrons. The third-order valence-corrected chi connectivity index (χ3v) is 5.24. The summed E-state index contributed by atoms with van der Waals surface area (Å²) in [5.41, 5.74) is 0.199. The van der Waals surface area contributed by atoms with Crippen molar-refractivity contribution >= 4 is 32.3 Å². The van der Waals surface area contributed by atoms with Crippen LogP contribution in [0.4, 0.5) is 5.69 Å². The zero-order chi connectivity index (χ0) is 16.9. The van der Waals surface area contributed by atoms with Crippen LogP contribution in [0.1, 0.15) is 5.56 Å². The molecule has 4 rings (SSSR count). The Labute approximate surface area is 137 Å². The van der Waals surface area contributed by atoms with E-state index in [1.54, 1.807) is 42.5 Å². The number of phenols is 2. The molecule has 24 heavy (non-hydrogen) atoms. The summed E-state index contributed by atoms with van der Waals surface area (Å²) in [6.07, 6.45) is 0. The van der Waals surface area contributed by atoms with Gasteiger partial charge in [0.25, 0.3) is 10.0 Å². The molecule has 0 spiro atoms. The Morgan fingerprint density at radius 1 is 0.958 bits per heavy atom. The highest BCUT2D eigenvalue weighted by Gasteiger charge is 2.29. The van der Waals surface area contributed by atoms with Crippen molar-refractivity contribution in [1.82, 2.24) is 4.72 Å². The molecule has 1 heterocycles. The molecule has 0 atom stereocenters. The number of hydrogen-bond donors (Lipinski definition) is 3. The van der Waals surface area contributed by atoms with Crippen molar-refractivity contribution in [3.63, 3.8) is 0 Å². The average Bonchev–Trinajstić information content (AvgIpc) is 2.54. The number of para-hydroxylation sites is 1. The summed E-state index contributed by atoms with van der Waals surface area (Å²) in [7, 11) is -3.83. The largest absolute Gasteiger partial charge is 0.507 e. The van der Waals surface area contributed by atoms with Gasteiger partial charge in [-0.25, -0.2) is 13.4 Å². The van der Waals surface area contributed by atoms with Crippen molar-refractivity contribution in [1.29, 1.82) is 0 Å². The lowest BCUT2D eigenvalue weighted by Gasteiger charge is -2.19. The summed E-state index contributed by atoms with van der Waals surface area (Å²) in [5.74, 6) is -0.604. The Hall–Kier alpha value is -3.06. The number of amidine groups is 1. The minimum atomic E-state index is -3.83. The SMILES string of the molecule is O=S1(=O)NC(c2c(O)cc3ccccc3c2O)=Nc2ccccc21. The Balaban J connectivity index is 2.01. The van der Waals surface area contributed by atoms with Gasteiger partial charge in [0.1, 0.15) is 22.0 Å². The third-order valence-electron chi connectivity index (χ3n) is 3.86. The van der Waals surface area contributed by atoms with Crippen molar-refractivity contribution in [2.45, 2.75) is 4.90 Å². The summed E-state index contributed by atoms with van der Waals surface area (Å²) in [6.45, 7) is 0. The molecular formula is C17H12N2O4S. The minimum absolute atomic E-state index is 0.0493. The third kappa shape index (κ3) is 2.10. The Bertz CT molecular complexity index is 1120. The van der Waals surface area contributed by atoms with E-state index in [0.717, 1.165) is 0 Å². The number of rotatable bonds is 1. The predicted molar refractivity (Wildman–Crippen MR) is 90.2 cm³/mol. The lowest BCUT2D eigenvalue weighted by Crippen LogP contribution is -2.34. The molecule has 120 valence electrons. The second kappa shape index (κ2) is 4.97. The van der Waals surface area contributed by atoms with Gasteiger partial charge < -0.3 is 10.2 Å². The Kier molecular flexibility index (Phi) is 3.01. The molecule has 0 bridgehead atoms. The number of fused-ring (bicyclic) bond motifs is 2. The van der Waals surface area contributed by atoms with Gasteiger partial charge in [-0.2, -0.15) is 0 Å². The molecule has 0 amide bonds. The van der Waals surface area contributed by atoms with Crippen molar-refractivity contribution in [2.24, 2.45) is 4.99 Å². The van der Waals surface area contributed by atoms with Crippen LogP contribution in [0.15, 0.2) is 64.5 Å². The molecule has 0 fully saturated rings. The summed E-state index contributed by atoms with van der Waals surface area (Å²) < 4.78 is 27.1. The van der Waals surface area contributed by atoms with Gasteiger partial charge in [0.2, 0.25) is 0 Å². The van der Waals surface area contributed by atoms with E-state index < -0.39 is 10.0 Å². The summed E-state index contributed by atoms with van der Waals surface area (Å²) in [4.78, 5) is 4.30. The zero-order valence-corrected chi connectivity index (χ0v) is 13.1. The first-order chi connectivity index (χ1) is 11.5. The number of benzene rings is 3. The van der Waals surface area contributed by atoms with Crippen LogP contribution in [-0.2, 0) is 10.0 Å². The van der Waals surface area contributed by atoms with Gasteiger partial charge in [-0.15, -0.1) is 0 Å². The lowest BCUT2D eigenvalue weighted by molar-refractivity contribution is 0.453. The van der Waals surface area contributed by atoms with E-state index in [2.05, 4.69) is 9.71 Å². The molecular weight excluding hydrogens is 328 g/mol. The summed E-state index contributed by atoms with van der Waals surface area (Å²) >= 11 is 0. The smallest absolute Gasteiger partial charge is 0.265 e. The molecule has 0 saturated heterocycles. The van der Waals surface area contributed by atoms with E-state index in [9.17, 15) is 18.6 Å².